The van der Waals surface area contributed by atoms with Crippen molar-refractivity contribution >= 4 is 5.97 Å². The van der Waals surface area contributed by atoms with Crippen LogP contribution >= 0.6 is 0 Å². The number of nitrogens with zero attached hydrogens (tertiary/aromatic N) is 3. The molecule has 1 heterocycles. The van der Waals surface area contributed by atoms with Gasteiger partial charge in [0.15, 0.2) is 0 Å². The first kappa shape index (κ1) is 28.1. The van der Waals surface area contributed by atoms with Crippen molar-refractivity contribution in [1.82, 2.24) is 14.5 Å². The second kappa shape index (κ2) is 13.7. The third-order valence-electron chi connectivity index (χ3n) is 7.33. The van der Waals surface area contributed by atoms with Crippen LogP contribution < -0.4 is 0 Å². The van der Waals surface area contributed by atoms with Crippen molar-refractivity contribution in [3.8, 4) is 22.6 Å². The van der Waals surface area contributed by atoms with E-state index in [-0.39, 0.29) is 5.97 Å². The highest BCUT2D eigenvalue weighted by atomic mass is 16.5. The average molecular weight is 544 g/mol. The smallest absolute Gasteiger partial charge is 0.338 e. The van der Waals surface area contributed by atoms with Gasteiger partial charge in [0.25, 0.3) is 0 Å². The molecule has 0 radical (unpaired) electrons. The summed E-state index contributed by atoms with van der Waals surface area (Å²) in [6.45, 7) is 5.09. The van der Waals surface area contributed by atoms with Gasteiger partial charge in [-0.2, -0.15) is 0 Å². The highest BCUT2D eigenvalue weighted by Gasteiger charge is 2.23. The highest BCUT2D eigenvalue weighted by Crippen LogP contribution is 2.32. The largest absolute Gasteiger partial charge is 0.465 e. The molecule has 1 aromatic heterocycles. The van der Waals surface area contributed by atoms with Gasteiger partial charge in [0.05, 0.1) is 24.1 Å². The van der Waals surface area contributed by atoms with E-state index < -0.39 is 0 Å². The Kier molecular flexibility index (Phi) is 9.40. The molecule has 0 aliphatic rings. The van der Waals surface area contributed by atoms with Gasteiger partial charge in [-0.25, -0.2) is 9.78 Å². The first-order valence-electron chi connectivity index (χ1n) is 14.3. The van der Waals surface area contributed by atoms with Crippen molar-refractivity contribution in [1.29, 1.82) is 0 Å². The Morgan fingerprint density at radius 2 is 1.37 bits per heavy atom. The minimum Gasteiger partial charge on any atom is -0.465 e. The summed E-state index contributed by atoms with van der Waals surface area (Å²) >= 11 is 0. The lowest BCUT2D eigenvalue weighted by Crippen LogP contribution is -2.25. The Balaban J connectivity index is 1.63. The summed E-state index contributed by atoms with van der Waals surface area (Å²) in [6.07, 6.45) is 2.15. The van der Waals surface area contributed by atoms with E-state index in [0.29, 0.717) is 18.7 Å². The van der Waals surface area contributed by atoms with Crippen LogP contribution in [0.2, 0.25) is 0 Å². The van der Waals surface area contributed by atoms with E-state index in [4.69, 9.17) is 9.72 Å². The van der Waals surface area contributed by atoms with Gasteiger partial charge in [-0.15, -0.1) is 0 Å². The molecule has 5 aromatic rings. The molecular weight excluding hydrogens is 506 g/mol. The van der Waals surface area contributed by atoms with Crippen LogP contribution in [0, 0.1) is 0 Å². The molecule has 0 spiro atoms. The molecule has 0 aliphatic heterocycles. The lowest BCUT2D eigenvalue weighted by atomic mass is 10.1. The van der Waals surface area contributed by atoms with Crippen molar-refractivity contribution < 1.29 is 9.53 Å². The fourth-order valence-corrected chi connectivity index (χ4v) is 5.27. The second-order valence-electron chi connectivity index (χ2n) is 10.2. The molecule has 0 N–H and O–H groups in total. The van der Waals surface area contributed by atoms with Crippen molar-refractivity contribution in [3.05, 3.63) is 138 Å². The summed E-state index contributed by atoms with van der Waals surface area (Å²) in [4.78, 5) is 20.3. The zero-order valence-electron chi connectivity index (χ0n) is 23.9. The van der Waals surface area contributed by atoms with Crippen LogP contribution in [0.5, 0.6) is 0 Å². The maximum atomic E-state index is 12.6. The Morgan fingerprint density at radius 1 is 0.756 bits per heavy atom. The first-order chi connectivity index (χ1) is 20.2. The Morgan fingerprint density at radius 3 is 2.02 bits per heavy atom. The van der Waals surface area contributed by atoms with Crippen LogP contribution in [0.1, 0.15) is 46.9 Å². The maximum absolute atomic E-state index is 12.6. The Bertz CT molecular complexity index is 1550. The number of carbonyl (C=O) groups excluding carboxylic acids is 1. The standard InChI is InChI=1S/C36H37N3O2/c1-3-4-24-39-33(34(29-18-10-6-11-19-29)37-35(39)30-20-12-7-13-21-30)27-38(25-28-16-8-5-9-17-28)26-31-22-14-15-23-32(31)36(40)41-2/h5-23H,3-4,24-27H2,1-2H3. The summed E-state index contributed by atoms with van der Waals surface area (Å²) in [5.74, 6) is 0.673. The molecule has 5 rings (SSSR count). The van der Waals surface area contributed by atoms with E-state index in [1.807, 2.05) is 42.5 Å². The molecule has 0 aliphatic carbocycles. The molecule has 208 valence electrons. The van der Waals surface area contributed by atoms with Crippen LogP contribution in [0.15, 0.2) is 115 Å². The molecule has 0 atom stereocenters. The predicted octanol–water partition coefficient (Wildman–Crippen LogP) is 8.01. The fourth-order valence-electron chi connectivity index (χ4n) is 5.27. The zero-order chi connectivity index (χ0) is 28.4. The fraction of sp³-hybridized carbons (Fsp3) is 0.222. The number of ether oxygens (including phenoxy) is 1. The van der Waals surface area contributed by atoms with Crippen molar-refractivity contribution in [2.75, 3.05) is 7.11 Å². The normalized spacial score (nSPS) is 11.1. The number of hydrogen-bond donors (Lipinski definition) is 0. The minimum absolute atomic E-state index is 0.315. The minimum atomic E-state index is -0.315. The van der Waals surface area contributed by atoms with Gasteiger partial charge in [-0.3, -0.25) is 4.90 Å². The van der Waals surface area contributed by atoms with Gasteiger partial charge in [-0.05, 0) is 23.6 Å². The zero-order valence-corrected chi connectivity index (χ0v) is 23.9. The molecule has 0 unspecified atom stereocenters. The van der Waals surface area contributed by atoms with E-state index >= 15 is 0 Å². The molecule has 5 nitrogen and oxygen atoms in total. The van der Waals surface area contributed by atoms with Crippen molar-refractivity contribution in [2.24, 2.45) is 0 Å². The molecule has 41 heavy (non-hydrogen) atoms. The van der Waals surface area contributed by atoms with Crippen LogP contribution in [0.25, 0.3) is 22.6 Å². The molecule has 4 aromatic carbocycles. The van der Waals surface area contributed by atoms with Crippen molar-refractivity contribution in [2.45, 2.75) is 45.9 Å². The lowest BCUT2D eigenvalue weighted by molar-refractivity contribution is 0.0598. The Hall–Kier alpha value is -4.48. The summed E-state index contributed by atoms with van der Waals surface area (Å²) in [7, 11) is 1.43. The van der Waals surface area contributed by atoms with Gasteiger partial charge in [-0.1, -0.05) is 123 Å². The quantitative estimate of drug-likeness (QED) is 0.150. The van der Waals surface area contributed by atoms with Crippen LogP contribution in [-0.4, -0.2) is 27.5 Å². The predicted molar refractivity (Wildman–Crippen MR) is 165 cm³/mol. The summed E-state index contributed by atoms with van der Waals surface area (Å²) in [5, 5.41) is 0. The van der Waals surface area contributed by atoms with Crippen LogP contribution in [-0.2, 0) is 30.9 Å². The van der Waals surface area contributed by atoms with E-state index in [1.54, 1.807) is 0 Å². The number of rotatable bonds is 12. The lowest BCUT2D eigenvalue weighted by Gasteiger charge is -2.25. The molecule has 5 heteroatoms. The summed E-state index contributed by atoms with van der Waals surface area (Å²) in [6, 6.07) is 39.1. The van der Waals surface area contributed by atoms with Crippen LogP contribution in [0.4, 0.5) is 0 Å². The number of imidazole rings is 1. The van der Waals surface area contributed by atoms with E-state index in [9.17, 15) is 4.79 Å². The maximum Gasteiger partial charge on any atom is 0.338 e. The van der Waals surface area contributed by atoms with Gasteiger partial charge in [0.2, 0.25) is 0 Å². The van der Waals surface area contributed by atoms with E-state index in [0.717, 1.165) is 54.1 Å². The highest BCUT2D eigenvalue weighted by molar-refractivity contribution is 5.91. The molecule has 0 saturated carbocycles. The molecule has 0 bridgehead atoms. The van der Waals surface area contributed by atoms with Crippen molar-refractivity contribution in [3.63, 3.8) is 0 Å². The summed E-state index contributed by atoms with van der Waals surface area (Å²) in [5.41, 5.74) is 7.14. The van der Waals surface area contributed by atoms with E-state index in [2.05, 4.69) is 89.2 Å². The SMILES string of the molecule is CCCCn1c(-c2ccccc2)nc(-c2ccccc2)c1CN(Cc1ccccc1)Cc1ccccc1C(=O)OC. The number of hydrogen-bond acceptors (Lipinski definition) is 4. The average Bonchev–Trinajstić information content (AvgIpc) is 3.38. The van der Waals surface area contributed by atoms with Gasteiger partial charge < -0.3 is 9.30 Å². The van der Waals surface area contributed by atoms with Gasteiger partial charge in [0, 0.05) is 37.3 Å². The number of unbranched alkanes of at least 4 members (excludes halogenated alkanes) is 1. The molecular formula is C36H37N3O2. The second-order valence-corrected chi connectivity index (χ2v) is 10.2. The molecule has 0 fully saturated rings. The molecule has 0 amide bonds. The van der Waals surface area contributed by atoms with E-state index in [1.165, 1.54) is 18.4 Å². The Labute approximate surface area is 243 Å². The third-order valence-corrected chi connectivity index (χ3v) is 7.33. The first-order valence-corrected chi connectivity index (χ1v) is 14.3. The van der Waals surface area contributed by atoms with Gasteiger partial charge in [0.1, 0.15) is 5.82 Å². The third kappa shape index (κ3) is 6.82. The van der Waals surface area contributed by atoms with Gasteiger partial charge >= 0.3 is 5.97 Å². The monoisotopic (exact) mass is 543 g/mol. The number of aromatic nitrogens is 2. The number of methoxy groups -OCH3 is 1. The summed E-state index contributed by atoms with van der Waals surface area (Å²) < 4.78 is 7.52. The topological polar surface area (TPSA) is 47.4 Å². The number of benzene rings is 4. The number of esters is 1. The molecule has 0 saturated heterocycles. The van der Waals surface area contributed by atoms with Crippen LogP contribution in [0.3, 0.4) is 0 Å². The number of carbonyl (C=O) groups is 1.